The summed E-state index contributed by atoms with van der Waals surface area (Å²) in [6.07, 6.45) is -6.39. The van der Waals surface area contributed by atoms with E-state index in [2.05, 4.69) is 6.92 Å². The molecule has 3 saturated heterocycles. The summed E-state index contributed by atoms with van der Waals surface area (Å²) in [4.78, 5) is 56.3. The SMILES string of the molecule is CCCCCCCC(=O)O[C@@H]1[C@H](OC(O)[C@H]2OC(C)(C)O[C@H]2[C@@H]2COC(C)(C)O2)O[C@H](C(O)C(=O)CCCCC)[C@](O)(C(=O)CCCCC)[C@@]1(O)C(=O)CCCCC. The quantitative estimate of drug-likeness (QED) is 0.0472. The van der Waals surface area contributed by atoms with Gasteiger partial charge in [0.1, 0.15) is 30.5 Å². The van der Waals surface area contributed by atoms with Gasteiger partial charge in [-0.2, -0.15) is 0 Å². The van der Waals surface area contributed by atoms with E-state index in [9.17, 15) is 39.6 Å². The molecule has 10 atom stereocenters. The van der Waals surface area contributed by atoms with E-state index < -0.39 is 95.3 Å². The molecular formula is C43H74O15. The highest BCUT2D eigenvalue weighted by Crippen LogP contribution is 2.46. The van der Waals surface area contributed by atoms with Crippen LogP contribution in [0.2, 0.25) is 0 Å². The largest absolute Gasteiger partial charge is 0.453 e. The molecule has 3 rings (SSSR count). The molecule has 0 bridgehead atoms. The van der Waals surface area contributed by atoms with Crippen LogP contribution in [-0.2, 0) is 52.3 Å². The Morgan fingerprint density at radius 3 is 1.72 bits per heavy atom. The van der Waals surface area contributed by atoms with Crippen LogP contribution in [-0.4, -0.2) is 122 Å². The third-order valence-corrected chi connectivity index (χ3v) is 11.3. The number of aliphatic hydroxyl groups excluding tert-OH is 2. The number of ether oxygens (including phenoxy) is 7. The van der Waals surface area contributed by atoms with Gasteiger partial charge < -0.3 is 53.6 Å². The van der Waals surface area contributed by atoms with Crippen LogP contribution in [0.15, 0.2) is 0 Å². The van der Waals surface area contributed by atoms with Crippen LogP contribution in [0.5, 0.6) is 0 Å². The van der Waals surface area contributed by atoms with Gasteiger partial charge in [0.2, 0.25) is 11.9 Å². The third kappa shape index (κ3) is 12.6. The molecule has 15 nitrogen and oxygen atoms in total. The zero-order valence-electron chi connectivity index (χ0n) is 36.3. The number of hydrogen-bond donors (Lipinski definition) is 4. The summed E-state index contributed by atoms with van der Waals surface area (Å²) in [5, 5.41) is 49.4. The van der Waals surface area contributed by atoms with E-state index in [1.807, 2.05) is 20.8 Å². The fraction of sp³-hybridized carbons (Fsp3) is 0.907. The van der Waals surface area contributed by atoms with Gasteiger partial charge in [-0.15, -0.1) is 0 Å². The topological polar surface area (TPSA) is 214 Å². The summed E-state index contributed by atoms with van der Waals surface area (Å²) < 4.78 is 42.1. The second kappa shape index (κ2) is 22.8. The summed E-state index contributed by atoms with van der Waals surface area (Å²) in [5.41, 5.74) is -6.60. The van der Waals surface area contributed by atoms with Crippen molar-refractivity contribution >= 4 is 23.3 Å². The van der Waals surface area contributed by atoms with E-state index in [0.717, 1.165) is 25.7 Å². The minimum Gasteiger partial charge on any atom is -0.453 e. The number of ketones is 3. The van der Waals surface area contributed by atoms with E-state index in [0.29, 0.717) is 51.4 Å². The molecule has 0 aliphatic carbocycles. The Balaban J connectivity index is 2.19. The highest BCUT2D eigenvalue weighted by molar-refractivity contribution is 6.01. The van der Waals surface area contributed by atoms with E-state index in [1.165, 1.54) is 0 Å². The van der Waals surface area contributed by atoms with Crippen molar-refractivity contribution in [3.63, 3.8) is 0 Å². The number of esters is 1. The predicted octanol–water partition coefficient (Wildman–Crippen LogP) is 5.26. The summed E-state index contributed by atoms with van der Waals surface area (Å²) >= 11 is 0. The molecule has 0 aromatic carbocycles. The van der Waals surface area contributed by atoms with Crippen molar-refractivity contribution in [3.8, 4) is 0 Å². The minimum absolute atomic E-state index is 0.0757. The number of Topliss-reactive ketones (excluding diaryl/α,β-unsaturated/α-hetero) is 3. The van der Waals surface area contributed by atoms with Crippen molar-refractivity contribution in [2.45, 2.75) is 243 Å². The van der Waals surface area contributed by atoms with Crippen LogP contribution in [0.25, 0.3) is 0 Å². The molecule has 3 heterocycles. The van der Waals surface area contributed by atoms with Gasteiger partial charge in [0.25, 0.3) is 0 Å². The molecule has 15 heteroatoms. The molecule has 2 unspecified atom stereocenters. The molecule has 3 aliphatic rings. The Morgan fingerprint density at radius 2 is 1.17 bits per heavy atom. The maximum absolute atomic E-state index is 14.6. The van der Waals surface area contributed by atoms with E-state index in [4.69, 9.17) is 33.2 Å². The molecule has 0 aromatic rings. The Kier molecular flexibility index (Phi) is 19.8. The number of unbranched alkanes of at least 4 members (excludes halogenated alkanes) is 10. The van der Waals surface area contributed by atoms with Gasteiger partial charge in [-0.3, -0.25) is 19.2 Å². The first kappa shape index (κ1) is 50.4. The molecule has 0 amide bonds. The highest BCUT2D eigenvalue weighted by Gasteiger charge is 2.74. The zero-order valence-corrected chi connectivity index (χ0v) is 36.3. The molecular weight excluding hydrogens is 756 g/mol. The highest BCUT2D eigenvalue weighted by atomic mass is 16.8. The number of carbonyl (C=O) groups is 4. The Bertz CT molecular complexity index is 1320. The molecule has 0 saturated carbocycles. The van der Waals surface area contributed by atoms with Crippen molar-refractivity contribution in [1.29, 1.82) is 0 Å². The smallest absolute Gasteiger partial charge is 0.306 e. The van der Waals surface area contributed by atoms with Gasteiger partial charge in [-0.1, -0.05) is 91.9 Å². The van der Waals surface area contributed by atoms with E-state index in [-0.39, 0.29) is 45.1 Å². The van der Waals surface area contributed by atoms with Crippen molar-refractivity contribution in [2.75, 3.05) is 6.61 Å². The zero-order chi connectivity index (χ0) is 43.3. The van der Waals surface area contributed by atoms with Crippen molar-refractivity contribution < 1.29 is 72.8 Å². The number of aliphatic hydroxyl groups is 4. The molecule has 0 spiro atoms. The molecule has 0 aromatic heterocycles. The van der Waals surface area contributed by atoms with Crippen molar-refractivity contribution in [2.24, 2.45) is 0 Å². The van der Waals surface area contributed by atoms with Crippen LogP contribution in [0, 0.1) is 0 Å². The van der Waals surface area contributed by atoms with Crippen LogP contribution < -0.4 is 0 Å². The first-order valence-electron chi connectivity index (χ1n) is 21.9. The Hall–Kier alpha value is -1.92. The van der Waals surface area contributed by atoms with Crippen LogP contribution >= 0.6 is 0 Å². The lowest BCUT2D eigenvalue weighted by atomic mass is 9.64. The van der Waals surface area contributed by atoms with Crippen molar-refractivity contribution in [1.82, 2.24) is 0 Å². The summed E-state index contributed by atoms with van der Waals surface area (Å²) in [7, 11) is 0. The molecule has 3 aliphatic heterocycles. The van der Waals surface area contributed by atoms with E-state index in [1.54, 1.807) is 27.7 Å². The lowest BCUT2D eigenvalue weighted by molar-refractivity contribution is -0.377. The number of rotatable bonds is 27. The van der Waals surface area contributed by atoms with Crippen molar-refractivity contribution in [3.05, 3.63) is 0 Å². The van der Waals surface area contributed by atoms with Gasteiger partial charge in [-0.05, 0) is 53.4 Å². The molecule has 0 radical (unpaired) electrons. The standard InChI is InChI=1S/C43H74O15/c1-9-13-17-18-22-26-32(47)53-37-39(55-38(49)35-34(57-41(7,8)58-35)29-27-52-40(5,6)56-29)54-36(33(48)28(44)23-19-14-10-2)42(50,30(45)24-20-15-11-3)43(37,51)31(46)25-21-16-12-4/h29,33-39,48-51H,9-27H2,1-8H3/t29-,33?,34-,35-,36+,37+,38?,39-,42+,43+/m0/s1. The number of hydrogen-bond acceptors (Lipinski definition) is 15. The van der Waals surface area contributed by atoms with Gasteiger partial charge in [0.05, 0.1) is 6.61 Å². The number of carbonyl (C=O) groups excluding carboxylic acids is 4. The summed E-state index contributed by atoms with van der Waals surface area (Å²) in [5.74, 6) is -6.09. The molecule has 336 valence electrons. The maximum atomic E-state index is 14.6. The van der Waals surface area contributed by atoms with Gasteiger partial charge in [0, 0.05) is 25.7 Å². The molecule has 58 heavy (non-hydrogen) atoms. The minimum atomic E-state index is -3.31. The summed E-state index contributed by atoms with van der Waals surface area (Å²) in [6.45, 7) is 14.5. The average Bonchev–Trinajstić information content (AvgIpc) is 3.71. The lowest BCUT2D eigenvalue weighted by Gasteiger charge is -2.55. The fourth-order valence-corrected chi connectivity index (χ4v) is 8.04. The van der Waals surface area contributed by atoms with Gasteiger partial charge in [0.15, 0.2) is 46.9 Å². The average molecular weight is 831 g/mol. The maximum Gasteiger partial charge on any atom is 0.306 e. The predicted molar refractivity (Wildman–Crippen MR) is 211 cm³/mol. The Labute approximate surface area is 345 Å². The second-order valence-electron chi connectivity index (χ2n) is 17.1. The monoisotopic (exact) mass is 831 g/mol. The first-order chi connectivity index (χ1) is 27.3. The lowest BCUT2D eigenvalue weighted by Crippen LogP contribution is -2.82. The normalized spacial score (nSPS) is 31.5. The fourth-order valence-electron chi connectivity index (χ4n) is 8.04. The summed E-state index contributed by atoms with van der Waals surface area (Å²) in [6, 6.07) is 0. The molecule has 4 N–H and O–H groups in total. The molecule has 3 fully saturated rings. The van der Waals surface area contributed by atoms with Crippen LogP contribution in [0.3, 0.4) is 0 Å². The first-order valence-corrected chi connectivity index (χ1v) is 21.9. The van der Waals surface area contributed by atoms with Crippen LogP contribution in [0.4, 0.5) is 0 Å². The van der Waals surface area contributed by atoms with Gasteiger partial charge in [-0.25, -0.2) is 0 Å². The third-order valence-electron chi connectivity index (χ3n) is 11.3. The van der Waals surface area contributed by atoms with Crippen LogP contribution in [0.1, 0.15) is 171 Å². The van der Waals surface area contributed by atoms with Gasteiger partial charge >= 0.3 is 5.97 Å². The second-order valence-corrected chi connectivity index (χ2v) is 17.1. The Morgan fingerprint density at radius 1 is 0.655 bits per heavy atom. The van der Waals surface area contributed by atoms with E-state index >= 15 is 0 Å².